The predicted molar refractivity (Wildman–Crippen MR) is 66.4 cm³/mol. The second kappa shape index (κ2) is 4.07. The number of carbonyl (C=O) groups is 1. The smallest absolute Gasteiger partial charge is 0.152 e. The standard InChI is InChI=1S/C14H9FN2O/c15-12-5-6-14(11(7-12)9-18)17-13-4-2-1-3-10(13)8-16-17/h1-9H. The molecule has 18 heavy (non-hydrogen) atoms. The molecule has 4 heteroatoms. The zero-order chi connectivity index (χ0) is 12.5. The van der Waals surface area contributed by atoms with Crippen LogP contribution in [0.2, 0.25) is 0 Å². The number of aromatic nitrogens is 2. The van der Waals surface area contributed by atoms with Gasteiger partial charge in [0.1, 0.15) is 5.82 Å². The second-order valence-corrected chi connectivity index (χ2v) is 3.94. The molecule has 3 aromatic rings. The Balaban J connectivity index is 2.29. The van der Waals surface area contributed by atoms with E-state index >= 15 is 0 Å². The van der Waals surface area contributed by atoms with Gasteiger partial charge in [-0.2, -0.15) is 5.10 Å². The third kappa shape index (κ3) is 1.59. The fourth-order valence-corrected chi connectivity index (χ4v) is 1.98. The van der Waals surface area contributed by atoms with Crippen LogP contribution in [0.5, 0.6) is 0 Å². The average Bonchev–Trinajstić information content (AvgIpc) is 2.82. The topological polar surface area (TPSA) is 34.9 Å². The molecule has 0 spiro atoms. The maximum absolute atomic E-state index is 13.1. The maximum atomic E-state index is 13.1. The summed E-state index contributed by atoms with van der Waals surface area (Å²) in [5.74, 6) is -0.433. The van der Waals surface area contributed by atoms with E-state index in [4.69, 9.17) is 0 Å². The molecule has 0 saturated heterocycles. The van der Waals surface area contributed by atoms with Gasteiger partial charge >= 0.3 is 0 Å². The Morgan fingerprint density at radius 3 is 2.83 bits per heavy atom. The summed E-state index contributed by atoms with van der Waals surface area (Å²) in [5, 5.41) is 5.21. The molecule has 0 atom stereocenters. The minimum absolute atomic E-state index is 0.281. The van der Waals surface area contributed by atoms with Crippen LogP contribution in [0.3, 0.4) is 0 Å². The fourth-order valence-electron chi connectivity index (χ4n) is 1.98. The molecule has 3 nitrogen and oxygen atoms in total. The Morgan fingerprint density at radius 1 is 1.17 bits per heavy atom. The molecule has 0 aliphatic rings. The van der Waals surface area contributed by atoms with Crippen molar-refractivity contribution in [3.63, 3.8) is 0 Å². The Kier molecular flexibility index (Phi) is 2.41. The molecule has 88 valence electrons. The molecular weight excluding hydrogens is 231 g/mol. The van der Waals surface area contributed by atoms with Gasteiger partial charge in [-0.15, -0.1) is 0 Å². The van der Waals surface area contributed by atoms with E-state index in [1.807, 2.05) is 24.3 Å². The van der Waals surface area contributed by atoms with E-state index in [1.165, 1.54) is 12.1 Å². The molecule has 1 aromatic heterocycles. The van der Waals surface area contributed by atoms with Crippen LogP contribution in [0.25, 0.3) is 16.6 Å². The molecule has 0 bridgehead atoms. The highest BCUT2D eigenvalue weighted by Gasteiger charge is 2.09. The van der Waals surface area contributed by atoms with Crippen LogP contribution >= 0.6 is 0 Å². The van der Waals surface area contributed by atoms with Gasteiger partial charge < -0.3 is 0 Å². The number of nitrogens with zero attached hydrogens (tertiary/aromatic N) is 2. The lowest BCUT2D eigenvalue weighted by atomic mass is 10.2. The number of para-hydroxylation sites is 1. The molecule has 0 saturated carbocycles. The molecule has 0 N–H and O–H groups in total. The van der Waals surface area contributed by atoms with Gasteiger partial charge in [0.15, 0.2) is 6.29 Å². The number of carbonyl (C=O) groups excluding carboxylic acids is 1. The van der Waals surface area contributed by atoms with Crippen molar-refractivity contribution in [2.75, 3.05) is 0 Å². The molecule has 0 fully saturated rings. The second-order valence-electron chi connectivity index (χ2n) is 3.94. The summed E-state index contributed by atoms with van der Waals surface area (Å²) in [5.41, 5.74) is 1.74. The third-order valence-corrected chi connectivity index (χ3v) is 2.82. The Bertz CT molecular complexity index is 733. The SMILES string of the molecule is O=Cc1cc(F)ccc1-n1ncc2ccccc21. The van der Waals surface area contributed by atoms with Crippen molar-refractivity contribution >= 4 is 17.2 Å². The zero-order valence-electron chi connectivity index (χ0n) is 9.38. The maximum Gasteiger partial charge on any atom is 0.152 e. The lowest BCUT2D eigenvalue weighted by Gasteiger charge is -2.06. The number of hydrogen-bond acceptors (Lipinski definition) is 2. The van der Waals surface area contributed by atoms with Crippen molar-refractivity contribution in [2.45, 2.75) is 0 Å². The minimum Gasteiger partial charge on any atom is -0.298 e. The van der Waals surface area contributed by atoms with E-state index in [-0.39, 0.29) is 5.56 Å². The van der Waals surface area contributed by atoms with Crippen LogP contribution < -0.4 is 0 Å². The molecule has 0 aliphatic carbocycles. The number of aldehydes is 1. The first kappa shape index (κ1) is 10.7. The van der Waals surface area contributed by atoms with E-state index in [1.54, 1.807) is 16.9 Å². The van der Waals surface area contributed by atoms with E-state index in [0.29, 0.717) is 12.0 Å². The van der Waals surface area contributed by atoms with Crippen LogP contribution in [0.4, 0.5) is 4.39 Å². The highest BCUT2D eigenvalue weighted by molar-refractivity contribution is 5.85. The van der Waals surface area contributed by atoms with Crippen molar-refractivity contribution in [1.29, 1.82) is 0 Å². The monoisotopic (exact) mass is 240 g/mol. The highest BCUT2D eigenvalue weighted by atomic mass is 19.1. The lowest BCUT2D eigenvalue weighted by Crippen LogP contribution is -2.01. The number of halogens is 1. The minimum atomic E-state index is -0.433. The number of rotatable bonds is 2. The van der Waals surface area contributed by atoms with Gasteiger partial charge in [0.05, 0.1) is 17.4 Å². The first-order valence-electron chi connectivity index (χ1n) is 5.47. The molecule has 0 unspecified atom stereocenters. The van der Waals surface area contributed by atoms with Gasteiger partial charge in [-0.25, -0.2) is 9.07 Å². The molecule has 2 aromatic carbocycles. The van der Waals surface area contributed by atoms with Gasteiger partial charge in [0, 0.05) is 10.9 Å². The van der Waals surface area contributed by atoms with Gasteiger partial charge in [0.25, 0.3) is 0 Å². The largest absolute Gasteiger partial charge is 0.298 e. The van der Waals surface area contributed by atoms with Crippen molar-refractivity contribution in [1.82, 2.24) is 9.78 Å². The van der Waals surface area contributed by atoms with Crippen LogP contribution in [0.1, 0.15) is 10.4 Å². The summed E-state index contributed by atoms with van der Waals surface area (Å²) in [7, 11) is 0. The van der Waals surface area contributed by atoms with Crippen molar-refractivity contribution in [3.05, 3.63) is 60.0 Å². The van der Waals surface area contributed by atoms with Gasteiger partial charge in [-0.1, -0.05) is 18.2 Å². The molecule has 3 rings (SSSR count). The molecule has 1 heterocycles. The van der Waals surface area contributed by atoms with Crippen molar-refractivity contribution < 1.29 is 9.18 Å². The van der Waals surface area contributed by atoms with E-state index < -0.39 is 5.82 Å². The summed E-state index contributed by atoms with van der Waals surface area (Å²) >= 11 is 0. The molecular formula is C14H9FN2O. The Hall–Kier alpha value is -2.49. The summed E-state index contributed by atoms with van der Waals surface area (Å²) in [6, 6.07) is 11.7. The third-order valence-electron chi connectivity index (χ3n) is 2.82. The molecule has 0 amide bonds. The van der Waals surface area contributed by atoms with E-state index in [0.717, 1.165) is 10.9 Å². The van der Waals surface area contributed by atoms with Crippen LogP contribution in [-0.4, -0.2) is 16.1 Å². The zero-order valence-corrected chi connectivity index (χ0v) is 9.38. The normalized spacial score (nSPS) is 10.7. The lowest BCUT2D eigenvalue weighted by molar-refractivity contribution is 0.112. The summed E-state index contributed by atoms with van der Waals surface area (Å²) in [4.78, 5) is 11.0. The van der Waals surface area contributed by atoms with Gasteiger partial charge in [0.2, 0.25) is 0 Å². The molecule has 0 radical (unpaired) electrons. The van der Waals surface area contributed by atoms with Crippen molar-refractivity contribution in [2.24, 2.45) is 0 Å². The first-order valence-corrected chi connectivity index (χ1v) is 5.47. The Labute approximate surface area is 102 Å². The van der Waals surface area contributed by atoms with E-state index in [2.05, 4.69) is 5.10 Å². The first-order chi connectivity index (χ1) is 8.79. The predicted octanol–water partition coefficient (Wildman–Crippen LogP) is 2.98. The van der Waals surface area contributed by atoms with Gasteiger partial charge in [-0.05, 0) is 24.3 Å². The number of fused-ring (bicyclic) bond motifs is 1. The van der Waals surface area contributed by atoms with Crippen molar-refractivity contribution in [3.8, 4) is 5.69 Å². The van der Waals surface area contributed by atoms with E-state index in [9.17, 15) is 9.18 Å². The van der Waals surface area contributed by atoms with Crippen LogP contribution in [0, 0.1) is 5.82 Å². The van der Waals surface area contributed by atoms with Gasteiger partial charge in [-0.3, -0.25) is 4.79 Å². The number of hydrogen-bond donors (Lipinski definition) is 0. The quantitative estimate of drug-likeness (QED) is 0.645. The fraction of sp³-hybridized carbons (Fsp3) is 0. The average molecular weight is 240 g/mol. The number of benzene rings is 2. The highest BCUT2D eigenvalue weighted by Crippen LogP contribution is 2.20. The van der Waals surface area contributed by atoms with Crippen LogP contribution in [-0.2, 0) is 0 Å². The summed E-state index contributed by atoms with van der Waals surface area (Å²) in [6.07, 6.45) is 2.35. The molecule has 0 aliphatic heterocycles. The Morgan fingerprint density at radius 2 is 2.00 bits per heavy atom. The summed E-state index contributed by atoms with van der Waals surface area (Å²) < 4.78 is 14.7. The summed E-state index contributed by atoms with van der Waals surface area (Å²) in [6.45, 7) is 0. The van der Waals surface area contributed by atoms with Crippen LogP contribution in [0.15, 0.2) is 48.7 Å².